The summed E-state index contributed by atoms with van der Waals surface area (Å²) in [6.45, 7) is 0. The van der Waals surface area contributed by atoms with E-state index in [2.05, 4.69) is 11.4 Å². The monoisotopic (exact) mass is 352 g/mol. The summed E-state index contributed by atoms with van der Waals surface area (Å²) >= 11 is 7.83. The van der Waals surface area contributed by atoms with Gasteiger partial charge in [0.05, 0.1) is 16.0 Å². The molecule has 3 nitrogen and oxygen atoms in total. The Kier molecular flexibility index (Phi) is 2.91. The van der Waals surface area contributed by atoms with Crippen LogP contribution in [-0.2, 0) is 10.2 Å². The van der Waals surface area contributed by atoms with Crippen molar-refractivity contribution in [2.75, 3.05) is 5.32 Å². The van der Waals surface area contributed by atoms with Crippen LogP contribution in [0.15, 0.2) is 53.9 Å². The number of thiophene rings is 1. The summed E-state index contributed by atoms with van der Waals surface area (Å²) < 4.78 is 0. The normalized spacial score (nSPS) is 24.0. The van der Waals surface area contributed by atoms with Crippen molar-refractivity contribution in [2.45, 2.75) is 17.8 Å². The van der Waals surface area contributed by atoms with E-state index in [1.807, 2.05) is 47.8 Å². The van der Waals surface area contributed by atoms with Gasteiger partial charge in [-0.15, -0.1) is 11.3 Å². The first-order chi connectivity index (χ1) is 11.7. The third-order valence-corrected chi connectivity index (χ3v) is 6.11. The minimum absolute atomic E-state index is 0.0630. The highest BCUT2D eigenvalue weighted by Crippen LogP contribution is 2.64. The van der Waals surface area contributed by atoms with Gasteiger partial charge < -0.3 is 5.32 Å². The van der Waals surface area contributed by atoms with Gasteiger partial charge in [0, 0.05) is 22.3 Å². The van der Waals surface area contributed by atoms with Crippen molar-refractivity contribution in [3.05, 3.63) is 70.2 Å². The maximum atomic E-state index is 12.6. The molecule has 5 rings (SSSR count). The van der Waals surface area contributed by atoms with Crippen LogP contribution in [0.5, 0.6) is 0 Å². The van der Waals surface area contributed by atoms with Gasteiger partial charge in [-0.05, 0) is 53.8 Å². The third kappa shape index (κ3) is 1.90. The van der Waals surface area contributed by atoms with Gasteiger partial charge in [-0.1, -0.05) is 23.7 Å². The van der Waals surface area contributed by atoms with E-state index >= 15 is 0 Å². The number of carbonyl (C=O) groups is 1. The molecule has 2 unspecified atom stereocenters. The summed E-state index contributed by atoms with van der Waals surface area (Å²) in [6, 6.07) is 15.8. The summed E-state index contributed by atoms with van der Waals surface area (Å²) in [4.78, 5) is 18.6. The average Bonchev–Trinajstić information content (AvgIpc) is 2.98. The lowest BCUT2D eigenvalue weighted by molar-refractivity contribution is -0.118. The standard InChI is InChI=1S/C19H13ClN2OS/c20-11-6-7-15-12(9-11)19(18(23)22-15)10-13(19)14-3-1-4-16(21-14)17-5-2-8-24-17/h1-9,13H,10H2,(H,22,23). The maximum Gasteiger partial charge on any atom is 0.235 e. The molecule has 3 heterocycles. The van der Waals surface area contributed by atoms with E-state index in [0.717, 1.165) is 33.9 Å². The molecule has 2 aromatic heterocycles. The Morgan fingerprint density at radius 3 is 2.96 bits per heavy atom. The van der Waals surface area contributed by atoms with Crippen molar-refractivity contribution in [3.8, 4) is 10.6 Å². The fourth-order valence-corrected chi connectivity index (χ4v) is 4.59. The van der Waals surface area contributed by atoms with E-state index in [0.29, 0.717) is 5.02 Å². The molecule has 1 N–H and O–H groups in total. The van der Waals surface area contributed by atoms with Crippen molar-refractivity contribution in [1.82, 2.24) is 4.98 Å². The fourth-order valence-electron chi connectivity index (χ4n) is 3.73. The first kappa shape index (κ1) is 14.2. The van der Waals surface area contributed by atoms with E-state index in [9.17, 15) is 4.79 Å². The number of benzene rings is 1. The molecule has 1 aliphatic heterocycles. The van der Waals surface area contributed by atoms with E-state index in [1.165, 1.54) is 0 Å². The van der Waals surface area contributed by atoms with Crippen molar-refractivity contribution < 1.29 is 4.79 Å². The molecule has 1 saturated carbocycles. The van der Waals surface area contributed by atoms with Gasteiger partial charge in [0.15, 0.2) is 0 Å². The number of aromatic nitrogens is 1. The zero-order chi connectivity index (χ0) is 16.3. The van der Waals surface area contributed by atoms with Gasteiger partial charge in [0.2, 0.25) is 5.91 Å². The van der Waals surface area contributed by atoms with Crippen molar-refractivity contribution in [2.24, 2.45) is 0 Å². The number of hydrogen-bond acceptors (Lipinski definition) is 3. The number of carbonyl (C=O) groups excluding carboxylic acids is 1. The Bertz CT molecular complexity index is 969. The topological polar surface area (TPSA) is 42.0 Å². The van der Waals surface area contributed by atoms with Crippen LogP contribution >= 0.6 is 22.9 Å². The second-order valence-corrected chi connectivity index (χ2v) is 7.68. The Labute approximate surface area is 148 Å². The van der Waals surface area contributed by atoms with Crippen LogP contribution < -0.4 is 5.32 Å². The number of nitrogens with one attached hydrogen (secondary N) is 1. The van der Waals surface area contributed by atoms with Crippen LogP contribution in [0.2, 0.25) is 5.02 Å². The molecule has 2 aliphatic rings. The number of nitrogens with zero attached hydrogens (tertiary/aromatic N) is 1. The highest BCUT2D eigenvalue weighted by molar-refractivity contribution is 7.13. The summed E-state index contributed by atoms with van der Waals surface area (Å²) in [5.74, 6) is 0.172. The lowest BCUT2D eigenvalue weighted by Crippen LogP contribution is -2.21. The molecule has 0 bridgehead atoms. The Hall–Kier alpha value is -2.17. The van der Waals surface area contributed by atoms with Crippen LogP contribution in [0.3, 0.4) is 0 Å². The lowest BCUT2D eigenvalue weighted by Gasteiger charge is -2.09. The summed E-state index contributed by atoms with van der Waals surface area (Å²) in [7, 11) is 0. The number of hydrogen-bond donors (Lipinski definition) is 1. The van der Waals surface area contributed by atoms with Crippen LogP contribution in [0.1, 0.15) is 23.6 Å². The van der Waals surface area contributed by atoms with Gasteiger partial charge in [-0.2, -0.15) is 0 Å². The number of anilines is 1. The zero-order valence-corrected chi connectivity index (χ0v) is 14.2. The fraction of sp³-hybridized carbons (Fsp3) is 0.158. The molecule has 2 atom stereocenters. The Morgan fingerprint density at radius 2 is 2.12 bits per heavy atom. The number of amides is 1. The Morgan fingerprint density at radius 1 is 1.21 bits per heavy atom. The van der Waals surface area contributed by atoms with Gasteiger partial charge >= 0.3 is 0 Å². The van der Waals surface area contributed by atoms with Gasteiger partial charge in [-0.25, -0.2) is 0 Å². The van der Waals surface area contributed by atoms with E-state index in [4.69, 9.17) is 16.6 Å². The molecule has 24 heavy (non-hydrogen) atoms. The zero-order valence-electron chi connectivity index (χ0n) is 12.6. The van der Waals surface area contributed by atoms with Crippen LogP contribution in [0.4, 0.5) is 5.69 Å². The molecule has 1 spiro atoms. The predicted octanol–water partition coefficient (Wildman–Crippen LogP) is 4.84. The number of rotatable bonds is 2. The highest BCUT2D eigenvalue weighted by Gasteiger charge is 2.65. The molecule has 3 aromatic rings. The van der Waals surface area contributed by atoms with Crippen LogP contribution in [0, 0.1) is 0 Å². The number of fused-ring (bicyclic) bond motifs is 2. The van der Waals surface area contributed by atoms with Gasteiger partial charge in [-0.3, -0.25) is 9.78 Å². The summed E-state index contributed by atoms with van der Waals surface area (Å²) in [5.41, 5.74) is 3.33. The molecule has 5 heteroatoms. The molecule has 1 aliphatic carbocycles. The second kappa shape index (κ2) is 4.91. The summed E-state index contributed by atoms with van der Waals surface area (Å²) in [5, 5.41) is 5.71. The summed E-state index contributed by atoms with van der Waals surface area (Å²) in [6.07, 6.45) is 0.785. The maximum absolute atomic E-state index is 12.6. The number of halogens is 1. The molecule has 0 saturated heterocycles. The third-order valence-electron chi connectivity index (χ3n) is 4.98. The molecular formula is C19H13ClN2OS. The predicted molar refractivity (Wildman–Crippen MR) is 96.7 cm³/mol. The molecular weight excluding hydrogens is 340 g/mol. The molecule has 1 fully saturated rings. The second-order valence-electron chi connectivity index (χ2n) is 6.30. The first-order valence-corrected chi connectivity index (χ1v) is 9.06. The number of pyridine rings is 1. The smallest absolute Gasteiger partial charge is 0.235 e. The van der Waals surface area contributed by atoms with Gasteiger partial charge in [0.1, 0.15) is 0 Å². The minimum Gasteiger partial charge on any atom is -0.325 e. The van der Waals surface area contributed by atoms with Crippen molar-refractivity contribution >= 4 is 34.5 Å². The minimum atomic E-state index is -0.499. The van der Waals surface area contributed by atoms with E-state index in [-0.39, 0.29) is 11.8 Å². The van der Waals surface area contributed by atoms with Crippen molar-refractivity contribution in [1.29, 1.82) is 0 Å². The van der Waals surface area contributed by atoms with E-state index < -0.39 is 5.41 Å². The first-order valence-electron chi connectivity index (χ1n) is 7.81. The molecule has 1 aromatic carbocycles. The largest absolute Gasteiger partial charge is 0.325 e. The molecule has 1 amide bonds. The molecule has 118 valence electrons. The quantitative estimate of drug-likeness (QED) is 0.717. The highest BCUT2D eigenvalue weighted by atomic mass is 35.5. The van der Waals surface area contributed by atoms with Crippen LogP contribution in [-0.4, -0.2) is 10.9 Å². The van der Waals surface area contributed by atoms with Crippen LogP contribution in [0.25, 0.3) is 10.6 Å². The molecule has 0 radical (unpaired) electrons. The SMILES string of the molecule is O=C1Nc2ccc(Cl)cc2C12CC2c1cccc(-c2cccs2)n1. The Balaban J connectivity index is 1.57. The van der Waals surface area contributed by atoms with Crippen molar-refractivity contribution in [3.63, 3.8) is 0 Å². The lowest BCUT2D eigenvalue weighted by atomic mass is 9.93. The average molecular weight is 353 g/mol. The van der Waals surface area contributed by atoms with E-state index in [1.54, 1.807) is 11.3 Å². The van der Waals surface area contributed by atoms with Gasteiger partial charge in [0.25, 0.3) is 0 Å².